The van der Waals surface area contributed by atoms with Gasteiger partial charge < -0.3 is 9.84 Å². The van der Waals surface area contributed by atoms with E-state index in [-0.39, 0.29) is 5.82 Å². The Labute approximate surface area is 114 Å². The molecule has 1 aromatic rings. The average molecular weight is 266 g/mol. The van der Waals surface area contributed by atoms with E-state index in [1.54, 1.807) is 13.2 Å². The van der Waals surface area contributed by atoms with E-state index in [1.165, 1.54) is 44.2 Å². The van der Waals surface area contributed by atoms with E-state index in [4.69, 9.17) is 4.74 Å². The van der Waals surface area contributed by atoms with Gasteiger partial charge >= 0.3 is 0 Å². The molecule has 2 nitrogen and oxygen atoms in total. The standard InChI is InChI=1S/C16H23FO2/c1-19-16-10-8-13(17)11-14(16)15(18)9-7-12-5-3-2-4-6-12/h8,10-12,15,18H,2-7,9H2,1H3. The molecular formula is C16H23FO2. The van der Waals surface area contributed by atoms with E-state index < -0.39 is 6.10 Å². The first-order chi connectivity index (χ1) is 9.20. The number of aliphatic hydroxyl groups is 1. The quantitative estimate of drug-likeness (QED) is 0.864. The molecule has 0 heterocycles. The van der Waals surface area contributed by atoms with E-state index in [0.717, 1.165) is 12.3 Å². The Balaban J connectivity index is 1.94. The molecule has 1 aliphatic rings. The molecule has 0 aliphatic heterocycles. The number of halogens is 1. The topological polar surface area (TPSA) is 29.5 Å². The number of aliphatic hydroxyl groups excluding tert-OH is 1. The van der Waals surface area contributed by atoms with Gasteiger partial charge in [-0.2, -0.15) is 0 Å². The van der Waals surface area contributed by atoms with Crippen LogP contribution >= 0.6 is 0 Å². The van der Waals surface area contributed by atoms with Gasteiger partial charge in [-0.05, 0) is 37.0 Å². The smallest absolute Gasteiger partial charge is 0.124 e. The second kappa shape index (κ2) is 6.90. The molecule has 0 bridgehead atoms. The molecule has 1 fully saturated rings. The molecule has 19 heavy (non-hydrogen) atoms. The lowest BCUT2D eigenvalue weighted by Crippen LogP contribution is -2.09. The molecule has 2 rings (SSSR count). The summed E-state index contributed by atoms with van der Waals surface area (Å²) in [7, 11) is 1.55. The monoisotopic (exact) mass is 266 g/mol. The van der Waals surface area contributed by atoms with Crippen LogP contribution in [0.15, 0.2) is 18.2 Å². The van der Waals surface area contributed by atoms with Crippen molar-refractivity contribution in [3.05, 3.63) is 29.6 Å². The lowest BCUT2D eigenvalue weighted by molar-refractivity contribution is 0.147. The summed E-state index contributed by atoms with van der Waals surface area (Å²) in [6, 6.07) is 4.31. The minimum atomic E-state index is -0.632. The van der Waals surface area contributed by atoms with Crippen LogP contribution in [0.25, 0.3) is 0 Å². The first-order valence-corrected chi connectivity index (χ1v) is 7.22. The van der Waals surface area contributed by atoms with Gasteiger partial charge in [0.05, 0.1) is 13.2 Å². The summed E-state index contributed by atoms with van der Waals surface area (Å²) in [6.07, 6.45) is 7.57. The van der Waals surface area contributed by atoms with Crippen LogP contribution < -0.4 is 4.74 Å². The number of rotatable bonds is 5. The number of ether oxygens (including phenoxy) is 1. The molecule has 3 heteroatoms. The first kappa shape index (κ1) is 14.3. The van der Waals surface area contributed by atoms with Crippen LogP contribution in [0.1, 0.15) is 56.6 Å². The SMILES string of the molecule is COc1ccc(F)cc1C(O)CCC1CCCCC1. The molecule has 106 valence electrons. The van der Waals surface area contributed by atoms with Gasteiger partial charge in [0.25, 0.3) is 0 Å². The van der Waals surface area contributed by atoms with Gasteiger partial charge in [0, 0.05) is 5.56 Å². The van der Waals surface area contributed by atoms with Crippen molar-refractivity contribution < 1.29 is 14.2 Å². The van der Waals surface area contributed by atoms with Crippen LogP contribution in [0.5, 0.6) is 5.75 Å². The maximum atomic E-state index is 13.3. The van der Waals surface area contributed by atoms with Crippen LogP contribution in [-0.2, 0) is 0 Å². The van der Waals surface area contributed by atoms with Crippen LogP contribution in [0.2, 0.25) is 0 Å². The van der Waals surface area contributed by atoms with E-state index in [0.29, 0.717) is 17.7 Å². The minimum Gasteiger partial charge on any atom is -0.496 e. The van der Waals surface area contributed by atoms with Crippen molar-refractivity contribution in [1.29, 1.82) is 0 Å². The average Bonchev–Trinajstić information content (AvgIpc) is 2.46. The van der Waals surface area contributed by atoms with Crippen LogP contribution in [0.4, 0.5) is 4.39 Å². The highest BCUT2D eigenvalue weighted by Gasteiger charge is 2.18. The number of benzene rings is 1. The summed E-state index contributed by atoms with van der Waals surface area (Å²) in [5.74, 6) is 0.966. The predicted molar refractivity (Wildman–Crippen MR) is 73.7 cm³/mol. The highest BCUT2D eigenvalue weighted by molar-refractivity contribution is 5.35. The van der Waals surface area contributed by atoms with Crippen molar-refractivity contribution in [2.75, 3.05) is 7.11 Å². The van der Waals surface area contributed by atoms with Crippen molar-refractivity contribution in [2.45, 2.75) is 51.0 Å². The largest absolute Gasteiger partial charge is 0.496 e. The van der Waals surface area contributed by atoms with Crippen LogP contribution in [0, 0.1) is 11.7 Å². The molecule has 0 spiro atoms. The molecule has 0 saturated heterocycles. The highest BCUT2D eigenvalue weighted by atomic mass is 19.1. The molecule has 1 aliphatic carbocycles. The van der Waals surface area contributed by atoms with Crippen molar-refractivity contribution in [2.24, 2.45) is 5.92 Å². The third kappa shape index (κ3) is 3.93. The van der Waals surface area contributed by atoms with E-state index in [2.05, 4.69) is 0 Å². The van der Waals surface area contributed by atoms with Crippen molar-refractivity contribution in [3.63, 3.8) is 0 Å². The highest BCUT2D eigenvalue weighted by Crippen LogP contribution is 2.33. The minimum absolute atomic E-state index is 0.326. The molecule has 0 aromatic heterocycles. The van der Waals surface area contributed by atoms with Gasteiger partial charge in [-0.15, -0.1) is 0 Å². The molecule has 1 aromatic carbocycles. The summed E-state index contributed by atoms with van der Waals surface area (Å²) in [5, 5.41) is 10.2. The zero-order valence-corrected chi connectivity index (χ0v) is 11.6. The normalized spacial score (nSPS) is 18.3. The van der Waals surface area contributed by atoms with Gasteiger partial charge in [-0.25, -0.2) is 4.39 Å². The Bertz CT molecular complexity index is 400. The van der Waals surface area contributed by atoms with Crippen LogP contribution in [-0.4, -0.2) is 12.2 Å². The maximum Gasteiger partial charge on any atom is 0.124 e. The third-order valence-corrected chi connectivity index (χ3v) is 4.12. The Hall–Kier alpha value is -1.09. The number of hydrogen-bond acceptors (Lipinski definition) is 2. The van der Waals surface area contributed by atoms with Crippen molar-refractivity contribution >= 4 is 0 Å². The van der Waals surface area contributed by atoms with Gasteiger partial charge in [-0.1, -0.05) is 32.1 Å². The van der Waals surface area contributed by atoms with Crippen molar-refractivity contribution in [1.82, 2.24) is 0 Å². The van der Waals surface area contributed by atoms with Gasteiger partial charge in [0.15, 0.2) is 0 Å². The van der Waals surface area contributed by atoms with Gasteiger partial charge in [-0.3, -0.25) is 0 Å². The Morgan fingerprint density at radius 1 is 1.32 bits per heavy atom. The Morgan fingerprint density at radius 2 is 2.05 bits per heavy atom. The van der Waals surface area contributed by atoms with Gasteiger partial charge in [0.2, 0.25) is 0 Å². The maximum absolute atomic E-state index is 13.3. The van der Waals surface area contributed by atoms with E-state index >= 15 is 0 Å². The summed E-state index contributed by atoms with van der Waals surface area (Å²) < 4.78 is 18.5. The lowest BCUT2D eigenvalue weighted by atomic mass is 9.85. The molecule has 1 saturated carbocycles. The molecule has 0 radical (unpaired) electrons. The Morgan fingerprint density at radius 3 is 2.74 bits per heavy atom. The van der Waals surface area contributed by atoms with E-state index in [9.17, 15) is 9.50 Å². The fourth-order valence-electron chi connectivity index (χ4n) is 2.99. The summed E-state index contributed by atoms with van der Waals surface area (Å²) in [6.45, 7) is 0. The summed E-state index contributed by atoms with van der Waals surface area (Å²) in [5.41, 5.74) is 0.568. The van der Waals surface area contributed by atoms with Gasteiger partial charge in [0.1, 0.15) is 11.6 Å². The fourth-order valence-corrected chi connectivity index (χ4v) is 2.99. The van der Waals surface area contributed by atoms with E-state index in [1.807, 2.05) is 0 Å². The molecular weight excluding hydrogens is 243 g/mol. The zero-order chi connectivity index (χ0) is 13.7. The second-order valence-electron chi connectivity index (χ2n) is 5.48. The second-order valence-corrected chi connectivity index (χ2v) is 5.48. The first-order valence-electron chi connectivity index (χ1n) is 7.22. The molecule has 1 N–H and O–H groups in total. The fraction of sp³-hybridized carbons (Fsp3) is 0.625. The summed E-state index contributed by atoms with van der Waals surface area (Å²) >= 11 is 0. The lowest BCUT2D eigenvalue weighted by Gasteiger charge is -2.23. The Kier molecular flexibility index (Phi) is 5.20. The summed E-state index contributed by atoms with van der Waals surface area (Å²) in [4.78, 5) is 0. The molecule has 1 atom stereocenters. The predicted octanol–water partition coefficient (Wildman–Crippen LogP) is 4.23. The zero-order valence-electron chi connectivity index (χ0n) is 11.6. The van der Waals surface area contributed by atoms with Crippen molar-refractivity contribution in [3.8, 4) is 5.75 Å². The molecule has 0 amide bonds. The molecule has 1 unspecified atom stereocenters. The third-order valence-electron chi connectivity index (χ3n) is 4.12. The number of methoxy groups -OCH3 is 1. The number of hydrogen-bond donors (Lipinski definition) is 1. The van der Waals surface area contributed by atoms with Crippen LogP contribution in [0.3, 0.4) is 0 Å².